The third-order valence-electron chi connectivity index (χ3n) is 1.73. The van der Waals surface area contributed by atoms with Crippen LogP contribution in [-0.2, 0) is 4.84 Å². The van der Waals surface area contributed by atoms with Crippen LogP contribution in [-0.4, -0.2) is 12.8 Å². The monoisotopic (exact) mass is 127 g/mol. The summed E-state index contributed by atoms with van der Waals surface area (Å²) < 4.78 is 0. The van der Waals surface area contributed by atoms with E-state index < -0.39 is 0 Å². The van der Waals surface area contributed by atoms with Gasteiger partial charge in [-0.25, -0.2) is 0 Å². The second-order valence-corrected chi connectivity index (χ2v) is 2.69. The van der Waals surface area contributed by atoms with Crippen LogP contribution in [0.15, 0.2) is 5.16 Å². The van der Waals surface area contributed by atoms with E-state index in [9.17, 15) is 0 Å². The summed E-state index contributed by atoms with van der Waals surface area (Å²) in [5.41, 5.74) is 1.23. The topological polar surface area (TPSA) is 21.6 Å². The lowest BCUT2D eigenvalue weighted by atomic mass is 10.1. The number of hydrogen-bond donors (Lipinski definition) is 0. The normalized spacial score (nSPS) is 31.3. The molecule has 0 aliphatic heterocycles. The Bertz CT molecular complexity index is 120. The van der Waals surface area contributed by atoms with Crippen LogP contribution in [0.5, 0.6) is 0 Å². The highest BCUT2D eigenvalue weighted by molar-refractivity contribution is 5.85. The van der Waals surface area contributed by atoms with E-state index in [1.807, 2.05) is 0 Å². The second-order valence-electron chi connectivity index (χ2n) is 2.69. The maximum Gasteiger partial charge on any atom is 0.106 e. The van der Waals surface area contributed by atoms with Crippen molar-refractivity contribution in [3.05, 3.63) is 0 Å². The van der Waals surface area contributed by atoms with Crippen molar-refractivity contribution < 1.29 is 4.84 Å². The Morgan fingerprint density at radius 3 is 2.89 bits per heavy atom. The Kier molecular flexibility index (Phi) is 2.09. The molecule has 9 heavy (non-hydrogen) atoms. The van der Waals surface area contributed by atoms with Crippen LogP contribution < -0.4 is 0 Å². The molecule has 0 spiro atoms. The van der Waals surface area contributed by atoms with E-state index in [0.29, 0.717) is 0 Å². The molecule has 1 atom stereocenters. The van der Waals surface area contributed by atoms with Crippen molar-refractivity contribution >= 4 is 5.71 Å². The molecule has 0 heterocycles. The molecule has 52 valence electrons. The number of hydrogen-bond acceptors (Lipinski definition) is 2. The van der Waals surface area contributed by atoms with Gasteiger partial charge in [-0.05, 0) is 25.2 Å². The zero-order valence-electron chi connectivity index (χ0n) is 6.05. The quantitative estimate of drug-likeness (QED) is 0.492. The molecule has 0 amide bonds. The van der Waals surface area contributed by atoms with E-state index in [1.165, 1.54) is 12.1 Å². The van der Waals surface area contributed by atoms with Gasteiger partial charge in [0, 0.05) is 0 Å². The van der Waals surface area contributed by atoms with Gasteiger partial charge in [0.2, 0.25) is 0 Å². The molecule has 2 nitrogen and oxygen atoms in total. The van der Waals surface area contributed by atoms with Crippen LogP contribution in [0.2, 0.25) is 0 Å². The second kappa shape index (κ2) is 2.85. The SMILES string of the molecule is CO/N=C1\CCC(C)C1. The number of oxime groups is 1. The minimum absolute atomic E-state index is 0.818. The molecule has 1 fully saturated rings. The molecule has 0 aromatic carbocycles. The fourth-order valence-electron chi connectivity index (χ4n) is 1.23. The Morgan fingerprint density at radius 1 is 1.67 bits per heavy atom. The molecule has 1 rings (SSSR count). The molecule has 0 saturated heterocycles. The van der Waals surface area contributed by atoms with Gasteiger partial charge in [0.05, 0.1) is 5.71 Å². The summed E-state index contributed by atoms with van der Waals surface area (Å²) in [6.07, 6.45) is 3.55. The van der Waals surface area contributed by atoms with Crippen LogP contribution in [0.3, 0.4) is 0 Å². The average Bonchev–Trinajstić information content (AvgIpc) is 2.17. The largest absolute Gasteiger partial charge is 0.399 e. The first-order chi connectivity index (χ1) is 4.33. The van der Waals surface area contributed by atoms with Crippen molar-refractivity contribution in [3.63, 3.8) is 0 Å². The zero-order chi connectivity index (χ0) is 6.69. The van der Waals surface area contributed by atoms with Gasteiger partial charge in [-0.1, -0.05) is 12.1 Å². The molecule has 1 unspecified atom stereocenters. The third-order valence-corrected chi connectivity index (χ3v) is 1.73. The van der Waals surface area contributed by atoms with Gasteiger partial charge in [0.1, 0.15) is 7.11 Å². The number of nitrogens with zero attached hydrogens (tertiary/aromatic N) is 1. The first-order valence-corrected chi connectivity index (χ1v) is 3.42. The molecular formula is C7H13NO. The minimum Gasteiger partial charge on any atom is -0.399 e. The van der Waals surface area contributed by atoms with Crippen molar-refractivity contribution in [2.45, 2.75) is 26.2 Å². The van der Waals surface area contributed by atoms with Crippen LogP contribution in [0.4, 0.5) is 0 Å². The maximum absolute atomic E-state index is 4.66. The Labute approximate surface area is 55.9 Å². The van der Waals surface area contributed by atoms with E-state index >= 15 is 0 Å². The summed E-state index contributed by atoms with van der Waals surface area (Å²) in [5, 5.41) is 3.89. The molecule has 0 radical (unpaired) electrons. The predicted octanol–water partition coefficient (Wildman–Crippen LogP) is 1.81. The van der Waals surface area contributed by atoms with Crippen molar-refractivity contribution in [3.8, 4) is 0 Å². The van der Waals surface area contributed by atoms with Gasteiger partial charge in [0.25, 0.3) is 0 Å². The van der Waals surface area contributed by atoms with Gasteiger partial charge in [-0.15, -0.1) is 0 Å². The molecule has 0 aromatic rings. The highest BCUT2D eigenvalue weighted by Gasteiger charge is 2.16. The van der Waals surface area contributed by atoms with Crippen molar-refractivity contribution in [2.24, 2.45) is 11.1 Å². The zero-order valence-corrected chi connectivity index (χ0v) is 6.05. The van der Waals surface area contributed by atoms with Gasteiger partial charge in [0.15, 0.2) is 0 Å². The van der Waals surface area contributed by atoms with Crippen molar-refractivity contribution in [2.75, 3.05) is 7.11 Å². The molecule has 1 saturated carbocycles. The molecule has 2 heteroatoms. The van der Waals surface area contributed by atoms with Gasteiger partial charge in [-0.2, -0.15) is 0 Å². The summed E-state index contributed by atoms with van der Waals surface area (Å²) in [6.45, 7) is 2.25. The van der Waals surface area contributed by atoms with E-state index in [1.54, 1.807) is 7.11 Å². The predicted molar refractivity (Wildman–Crippen MR) is 37.5 cm³/mol. The summed E-state index contributed by atoms with van der Waals surface area (Å²) in [5.74, 6) is 0.818. The van der Waals surface area contributed by atoms with Crippen LogP contribution in [0, 0.1) is 5.92 Å². The highest BCUT2D eigenvalue weighted by Crippen LogP contribution is 2.21. The molecular weight excluding hydrogens is 114 g/mol. The van der Waals surface area contributed by atoms with Crippen LogP contribution in [0.25, 0.3) is 0 Å². The molecule has 0 aromatic heterocycles. The fourth-order valence-corrected chi connectivity index (χ4v) is 1.23. The average molecular weight is 127 g/mol. The standard InChI is InChI=1S/C7H13NO/c1-6-3-4-7(5-6)8-9-2/h6H,3-5H2,1-2H3/b8-7+. The molecule has 1 aliphatic rings. The summed E-state index contributed by atoms with van der Waals surface area (Å²) in [7, 11) is 1.61. The van der Waals surface area contributed by atoms with Crippen molar-refractivity contribution in [1.82, 2.24) is 0 Å². The van der Waals surface area contributed by atoms with E-state index in [2.05, 4.69) is 16.9 Å². The molecule has 0 bridgehead atoms. The first-order valence-electron chi connectivity index (χ1n) is 3.42. The lowest BCUT2D eigenvalue weighted by Crippen LogP contribution is -1.90. The number of rotatable bonds is 1. The van der Waals surface area contributed by atoms with Crippen molar-refractivity contribution in [1.29, 1.82) is 0 Å². The Balaban J connectivity index is 2.38. The summed E-state index contributed by atoms with van der Waals surface area (Å²) >= 11 is 0. The first kappa shape index (κ1) is 6.59. The van der Waals surface area contributed by atoms with Crippen LogP contribution in [0.1, 0.15) is 26.2 Å². The maximum atomic E-state index is 4.66. The Morgan fingerprint density at radius 2 is 2.44 bits per heavy atom. The lowest BCUT2D eigenvalue weighted by molar-refractivity contribution is 0.212. The van der Waals surface area contributed by atoms with E-state index in [4.69, 9.17) is 0 Å². The lowest BCUT2D eigenvalue weighted by Gasteiger charge is -1.93. The van der Waals surface area contributed by atoms with Gasteiger partial charge in [-0.3, -0.25) is 0 Å². The van der Waals surface area contributed by atoms with E-state index in [-0.39, 0.29) is 0 Å². The van der Waals surface area contributed by atoms with E-state index in [0.717, 1.165) is 18.8 Å². The summed E-state index contributed by atoms with van der Waals surface area (Å²) in [4.78, 5) is 4.66. The smallest absolute Gasteiger partial charge is 0.106 e. The fraction of sp³-hybridized carbons (Fsp3) is 0.857. The van der Waals surface area contributed by atoms with Gasteiger partial charge >= 0.3 is 0 Å². The van der Waals surface area contributed by atoms with Crippen LogP contribution >= 0.6 is 0 Å². The van der Waals surface area contributed by atoms with Gasteiger partial charge < -0.3 is 4.84 Å². The Hall–Kier alpha value is -0.530. The highest BCUT2D eigenvalue weighted by atomic mass is 16.6. The summed E-state index contributed by atoms with van der Waals surface area (Å²) in [6, 6.07) is 0. The molecule has 0 N–H and O–H groups in total. The third kappa shape index (κ3) is 1.70. The molecule has 1 aliphatic carbocycles. The minimum atomic E-state index is 0.818.